The average Bonchev–Trinajstić information content (AvgIpc) is 3.85. The van der Waals surface area contributed by atoms with E-state index < -0.39 is 5.41 Å². The van der Waals surface area contributed by atoms with E-state index in [1.54, 1.807) is 0 Å². The summed E-state index contributed by atoms with van der Waals surface area (Å²) in [5.41, 5.74) is 15.1. The maximum atomic E-state index is 14.1. The van der Waals surface area contributed by atoms with Gasteiger partial charge in [-0.3, -0.25) is 4.79 Å². The molecule has 2 aromatic heterocycles. The van der Waals surface area contributed by atoms with Gasteiger partial charge in [0.1, 0.15) is 11.2 Å². The molecular formula is C50H29NO2. The summed E-state index contributed by atoms with van der Waals surface area (Å²) in [5, 5.41) is 4.61. The molecule has 0 unspecified atom stereocenters. The lowest BCUT2D eigenvalue weighted by Gasteiger charge is -2.39. The Balaban J connectivity index is 1.21. The van der Waals surface area contributed by atoms with Crippen molar-refractivity contribution < 1.29 is 9.21 Å². The molecule has 0 atom stereocenters. The zero-order valence-corrected chi connectivity index (χ0v) is 28.5. The largest absolute Gasteiger partial charge is 0.455 e. The van der Waals surface area contributed by atoms with E-state index in [1.807, 2.05) is 36.4 Å². The number of benzene rings is 8. The molecule has 8 aromatic carbocycles. The molecular weight excluding hydrogens is 647 g/mol. The van der Waals surface area contributed by atoms with Gasteiger partial charge in [0.05, 0.1) is 16.4 Å². The zero-order valence-electron chi connectivity index (χ0n) is 28.5. The summed E-state index contributed by atoms with van der Waals surface area (Å²) in [6, 6.07) is 62.2. The summed E-state index contributed by atoms with van der Waals surface area (Å²) in [6.07, 6.45) is 0. The summed E-state index contributed by atoms with van der Waals surface area (Å²) >= 11 is 0. The summed E-state index contributed by atoms with van der Waals surface area (Å²) in [7, 11) is 0. The summed E-state index contributed by atoms with van der Waals surface area (Å²) < 4.78 is 8.91. The molecule has 12 rings (SSSR count). The monoisotopic (exact) mass is 675 g/mol. The molecule has 0 saturated heterocycles. The Labute approximate surface area is 305 Å². The van der Waals surface area contributed by atoms with Gasteiger partial charge < -0.3 is 8.98 Å². The van der Waals surface area contributed by atoms with Gasteiger partial charge >= 0.3 is 0 Å². The molecule has 10 aromatic rings. The van der Waals surface area contributed by atoms with Gasteiger partial charge in [0.25, 0.3) is 0 Å². The Bertz CT molecular complexity index is 3150. The lowest BCUT2D eigenvalue weighted by Crippen LogP contribution is -2.36. The lowest BCUT2D eigenvalue weighted by atomic mass is 9.61. The Morgan fingerprint density at radius 3 is 1.79 bits per heavy atom. The SMILES string of the molecule is O=C1c2ccccc2C2(c3ccccc31)c1ccccc1-c1cc3c4cc(-c5cccc6c5oc5ccccc56)ccc4n(-c4ccccc4)c3cc12. The first-order chi connectivity index (χ1) is 26.2. The van der Waals surface area contributed by atoms with Gasteiger partial charge in [0.15, 0.2) is 5.78 Å². The van der Waals surface area contributed by atoms with Crippen LogP contribution >= 0.6 is 0 Å². The first-order valence-corrected chi connectivity index (χ1v) is 18.1. The van der Waals surface area contributed by atoms with Crippen LogP contribution in [0.1, 0.15) is 38.2 Å². The molecule has 3 heteroatoms. The third-order valence-electron chi connectivity index (χ3n) is 11.8. The van der Waals surface area contributed by atoms with Crippen molar-refractivity contribution in [3.8, 4) is 27.9 Å². The lowest BCUT2D eigenvalue weighted by molar-refractivity contribution is 0.103. The van der Waals surface area contributed by atoms with Gasteiger partial charge in [-0.2, -0.15) is 0 Å². The molecule has 53 heavy (non-hydrogen) atoms. The van der Waals surface area contributed by atoms with Crippen LogP contribution in [0.25, 0.3) is 71.7 Å². The van der Waals surface area contributed by atoms with E-state index >= 15 is 0 Å². The molecule has 0 bridgehead atoms. The van der Waals surface area contributed by atoms with Crippen molar-refractivity contribution in [2.45, 2.75) is 5.41 Å². The first kappa shape index (κ1) is 28.7. The van der Waals surface area contributed by atoms with Gasteiger partial charge in [-0.05, 0) is 81.4 Å². The normalized spacial score (nSPS) is 13.8. The highest BCUT2D eigenvalue weighted by atomic mass is 16.3. The highest BCUT2D eigenvalue weighted by Crippen LogP contribution is 2.60. The second-order valence-corrected chi connectivity index (χ2v) is 14.3. The van der Waals surface area contributed by atoms with Crippen LogP contribution in [0.4, 0.5) is 0 Å². The smallest absolute Gasteiger partial charge is 0.193 e. The van der Waals surface area contributed by atoms with Crippen molar-refractivity contribution in [1.82, 2.24) is 4.57 Å². The van der Waals surface area contributed by atoms with Crippen LogP contribution in [-0.4, -0.2) is 10.4 Å². The van der Waals surface area contributed by atoms with Gasteiger partial charge in [0.2, 0.25) is 0 Å². The van der Waals surface area contributed by atoms with Crippen LogP contribution in [0, 0.1) is 0 Å². The van der Waals surface area contributed by atoms with Crippen LogP contribution in [0.3, 0.4) is 0 Å². The van der Waals surface area contributed by atoms with Crippen molar-refractivity contribution in [3.05, 3.63) is 209 Å². The molecule has 0 amide bonds. The minimum Gasteiger partial charge on any atom is -0.455 e. The highest BCUT2D eigenvalue weighted by Gasteiger charge is 2.51. The molecule has 246 valence electrons. The van der Waals surface area contributed by atoms with E-state index in [9.17, 15) is 4.79 Å². The molecule has 0 radical (unpaired) electrons. The summed E-state index contributed by atoms with van der Waals surface area (Å²) in [6.45, 7) is 0. The number of hydrogen-bond acceptors (Lipinski definition) is 2. The van der Waals surface area contributed by atoms with E-state index in [-0.39, 0.29) is 5.78 Å². The number of ketones is 1. The second kappa shape index (κ2) is 10.3. The standard InChI is InChI=1S/C50H29NO2/c52-48-36-17-5-9-22-42(36)50(43-23-10-6-18-37(43)48)41-21-8-4-15-33(41)38-28-40-39-27-30(32-19-12-20-35-34-16-7-11-24-47(34)53-49(32)35)25-26-45(39)51(46(40)29-44(38)50)31-13-2-1-3-14-31/h1-29H. The van der Waals surface area contributed by atoms with E-state index in [4.69, 9.17) is 4.42 Å². The average molecular weight is 676 g/mol. The van der Waals surface area contributed by atoms with Crippen molar-refractivity contribution in [2.75, 3.05) is 0 Å². The van der Waals surface area contributed by atoms with E-state index in [0.29, 0.717) is 0 Å². The van der Waals surface area contributed by atoms with Gasteiger partial charge in [0, 0.05) is 43.9 Å². The molecule has 1 spiro atoms. The number of nitrogens with zero attached hydrogens (tertiary/aromatic N) is 1. The predicted octanol–water partition coefficient (Wildman–Crippen LogP) is 12.3. The van der Waals surface area contributed by atoms with Crippen molar-refractivity contribution in [1.29, 1.82) is 0 Å². The van der Waals surface area contributed by atoms with Crippen LogP contribution < -0.4 is 0 Å². The van der Waals surface area contributed by atoms with Crippen molar-refractivity contribution >= 4 is 49.5 Å². The number of rotatable bonds is 2. The van der Waals surface area contributed by atoms with E-state index in [1.165, 1.54) is 33.0 Å². The maximum absolute atomic E-state index is 14.1. The minimum atomic E-state index is -0.652. The number of carbonyl (C=O) groups is 1. The van der Waals surface area contributed by atoms with Gasteiger partial charge in [-0.15, -0.1) is 0 Å². The molecule has 0 N–H and O–H groups in total. The highest BCUT2D eigenvalue weighted by molar-refractivity contribution is 6.17. The number of para-hydroxylation sites is 3. The molecule has 0 fully saturated rings. The van der Waals surface area contributed by atoms with E-state index in [2.05, 4.69) is 144 Å². The first-order valence-electron chi connectivity index (χ1n) is 18.1. The summed E-state index contributed by atoms with van der Waals surface area (Å²) in [4.78, 5) is 14.1. The molecule has 2 aliphatic carbocycles. The van der Waals surface area contributed by atoms with Crippen LogP contribution in [0.5, 0.6) is 0 Å². The molecule has 0 aliphatic heterocycles. The Hall–Kier alpha value is -6.97. The fourth-order valence-corrected chi connectivity index (χ4v) is 9.67. The number of carbonyl (C=O) groups excluding carboxylic acids is 1. The Morgan fingerprint density at radius 2 is 1.02 bits per heavy atom. The van der Waals surface area contributed by atoms with Crippen LogP contribution in [0.2, 0.25) is 0 Å². The number of hydrogen-bond donors (Lipinski definition) is 0. The third-order valence-corrected chi connectivity index (χ3v) is 11.8. The number of fused-ring (bicyclic) bond motifs is 15. The molecule has 3 nitrogen and oxygen atoms in total. The number of aromatic nitrogens is 1. The molecule has 2 heterocycles. The third kappa shape index (κ3) is 3.61. The predicted molar refractivity (Wildman–Crippen MR) is 214 cm³/mol. The van der Waals surface area contributed by atoms with Gasteiger partial charge in [-0.1, -0.05) is 133 Å². The number of furan rings is 1. The van der Waals surface area contributed by atoms with Crippen molar-refractivity contribution in [3.63, 3.8) is 0 Å². The quantitative estimate of drug-likeness (QED) is 0.183. The molecule has 0 saturated carbocycles. The molecule has 2 aliphatic rings. The van der Waals surface area contributed by atoms with E-state index in [0.717, 1.165) is 72.0 Å². The Kier molecular flexibility index (Phi) is 5.58. The fourth-order valence-electron chi connectivity index (χ4n) is 9.67. The topological polar surface area (TPSA) is 35.1 Å². The van der Waals surface area contributed by atoms with Crippen LogP contribution in [0.15, 0.2) is 180 Å². The second-order valence-electron chi connectivity index (χ2n) is 14.3. The summed E-state index contributed by atoms with van der Waals surface area (Å²) in [5.74, 6) is 0.0826. The zero-order chi connectivity index (χ0) is 34.8. The maximum Gasteiger partial charge on any atom is 0.193 e. The van der Waals surface area contributed by atoms with Gasteiger partial charge in [-0.25, -0.2) is 0 Å². The minimum absolute atomic E-state index is 0.0826. The van der Waals surface area contributed by atoms with Crippen LogP contribution in [-0.2, 0) is 5.41 Å². The van der Waals surface area contributed by atoms with Crippen molar-refractivity contribution in [2.24, 2.45) is 0 Å². The Morgan fingerprint density at radius 1 is 0.415 bits per heavy atom. The fraction of sp³-hybridized carbons (Fsp3) is 0.0200.